The second-order valence-corrected chi connectivity index (χ2v) is 4.89. The van der Waals surface area contributed by atoms with Crippen molar-refractivity contribution >= 4 is 28.1 Å². The van der Waals surface area contributed by atoms with E-state index in [0.717, 1.165) is 0 Å². The topological polar surface area (TPSA) is 53.1 Å². The molecule has 0 saturated heterocycles. The smallest absolute Gasteiger partial charge is 0.153 e. The largest absolute Gasteiger partial charge is 0.507 e. The quantitative estimate of drug-likeness (QED) is 0.506. The van der Waals surface area contributed by atoms with Crippen molar-refractivity contribution in [3.8, 4) is 5.75 Å². The summed E-state index contributed by atoms with van der Waals surface area (Å²) >= 11 is 0. The highest BCUT2D eigenvalue weighted by Gasteiger charge is 2.00. The van der Waals surface area contributed by atoms with Gasteiger partial charge in [0.05, 0.1) is 5.56 Å². The highest BCUT2D eigenvalue weighted by atomic mass is 16.3. The molecule has 4 aromatic rings. The minimum Gasteiger partial charge on any atom is -0.507 e. The molecular formula is C19H15NO2. The molecule has 22 heavy (non-hydrogen) atoms. The van der Waals surface area contributed by atoms with Crippen molar-refractivity contribution in [2.75, 3.05) is 0 Å². The van der Waals surface area contributed by atoms with E-state index in [9.17, 15) is 4.79 Å². The molecule has 1 aromatic heterocycles. The van der Waals surface area contributed by atoms with Gasteiger partial charge in [-0.3, -0.25) is 4.79 Å². The van der Waals surface area contributed by atoms with E-state index >= 15 is 0 Å². The third-order valence-electron chi connectivity index (χ3n) is 3.48. The molecule has 0 unspecified atom stereocenters. The first-order valence-electron chi connectivity index (χ1n) is 6.98. The Hall–Kier alpha value is -3.07. The Balaban J connectivity index is 0.000000142. The summed E-state index contributed by atoms with van der Waals surface area (Å²) in [6.07, 6.45) is 0.620. The van der Waals surface area contributed by atoms with E-state index in [-0.39, 0.29) is 5.75 Å². The Bertz CT molecular complexity index is 874. The van der Waals surface area contributed by atoms with Gasteiger partial charge in [0, 0.05) is 21.8 Å². The number of carbonyl (C=O) groups excluding carboxylic acids is 1. The number of hydrogen-bond acceptors (Lipinski definition) is 2. The van der Waals surface area contributed by atoms with Gasteiger partial charge in [-0.2, -0.15) is 0 Å². The molecule has 0 atom stereocenters. The third kappa shape index (κ3) is 2.69. The molecule has 0 amide bonds. The van der Waals surface area contributed by atoms with E-state index < -0.39 is 0 Å². The molecule has 0 spiro atoms. The molecule has 0 aliphatic carbocycles. The van der Waals surface area contributed by atoms with E-state index in [4.69, 9.17) is 5.11 Å². The van der Waals surface area contributed by atoms with Gasteiger partial charge in [0.1, 0.15) is 5.75 Å². The van der Waals surface area contributed by atoms with Crippen LogP contribution in [0.4, 0.5) is 0 Å². The summed E-state index contributed by atoms with van der Waals surface area (Å²) < 4.78 is 0. The highest BCUT2D eigenvalue weighted by molar-refractivity contribution is 6.06. The van der Waals surface area contributed by atoms with Gasteiger partial charge < -0.3 is 10.1 Å². The van der Waals surface area contributed by atoms with Crippen LogP contribution in [-0.4, -0.2) is 16.4 Å². The number of hydrogen-bond donors (Lipinski definition) is 2. The van der Waals surface area contributed by atoms with Crippen LogP contribution in [0.3, 0.4) is 0 Å². The number of fused-ring (bicyclic) bond motifs is 3. The fraction of sp³-hybridized carbons (Fsp3) is 0. The lowest BCUT2D eigenvalue weighted by molar-refractivity contribution is 0.112. The molecule has 0 aliphatic rings. The number of para-hydroxylation sites is 3. The Morgan fingerprint density at radius 1 is 0.727 bits per heavy atom. The maximum atomic E-state index is 10.1. The monoisotopic (exact) mass is 289 g/mol. The molecule has 1 heterocycles. The minimum atomic E-state index is 0.0347. The minimum absolute atomic E-state index is 0.0347. The number of carbonyl (C=O) groups is 1. The van der Waals surface area contributed by atoms with Crippen LogP contribution in [0.1, 0.15) is 10.4 Å². The molecule has 3 heteroatoms. The first-order valence-corrected chi connectivity index (χ1v) is 6.98. The summed E-state index contributed by atoms with van der Waals surface area (Å²) in [5.41, 5.74) is 2.75. The maximum Gasteiger partial charge on any atom is 0.153 e. The molecule has 0 saturated carbocycles. The zero-order chi connectivity index (χ0) is 15.4. The van der Waals surface area contributed by atoms with Crippen molar-refractivity contribution in [1.29, 1.82) is 0 Å². The highest BCUT2D eigenvalue weighted by Crippen LogP contribution is 2.24. The molecule has 3 nitrogen and oxygen atoms in total. The van der Waals surface area contributed by atoms with Gasteiger partial charge in [0.15, 0.2) is 6.29 Å². The van der Waals surface area contributed by atoms with Gasteiger partial charge in [0.25, 0.3) is 0 Å². The van der Waals surface area contributed by atoms with Gasteiger partial charge >= 0.3 is 0 Å². The van der Waals surface area contributed by atoms with Gasteiger partial charge in [0.2, 0.25) is 0 Å². The molecule has 2 N–H and O–H groups in total. The van der Waals surface area contributed by atoms with E-state index in [1.807, 2.05) is 0 Å². The number of phenolic OH excluding ortho intramolecular Hbond substituents is 1. The van der Waals surface area contributed by atoms with Crippen molar-refractivity contribution in [1.82, 2.24) is 4.98 Å². The molecule has 3 aromatic carbocycles. The average molecular weight is 289 g/mol. The molecule has 0 bridgehead atoms. The zero-order valence-corrected chi connectivity index (χ0v) is 11.9. The molecule has 0 radical (unpaired) electrons. The lowest BCUT2D eigenvalue weighted by atomic mass is 10.2. The number of aldehydes is 1. The summed E-state index contributed by atoms with van der Waals surface area (Å²) in [4.78, 5) is 13.4. The second-order valence-electron chi connectivity index (χ2n) is 4.89. The van der Waals surface area contributed by atoms with Gasteiger partial charge in [-0.1, -0.05) is 48.5 Å². The summed E-state index contributed by atoms with van der Waals surface area (Å²) in [5, 5.41) is 11.5. The van der Waals surface area contributed by atoms with Crippen LogP contribution in [0.15, 0.2) is 72.8 Å². The standard InChI is InChI=1S/C12H9N.C7H6O2/c1-3-7-11-9(5-1)10-6-2-4-8-12(10)13-11;8-5-6-3-1-2-4-7(6)9/h1-8,13H;1-5,9H. The summed E-state index contributed by atoms with van der Waals surface area (Å²) in [6.45, 7) is 0. The van der Waals surface area contributed by atoms with Crippen molar-refractivity contribution < 1.29 is 9.90 Å². The van der Waals surface area contributed by atoms with E-state index in [1.54, 1.807) is 18.2 Å². The summed E-state index contributed by atoms with van der Waals surface area (Å²) in [7, 11) is 0. The number of rotatable bonds is 1. The van der Waals surface area contributed by atoms with Crippen molar-refractivity contribution in [2.45, 2.75) is 0 Å². The molecule has 4 rings (SSSR count). The fourth-order valence-corrected chi connectivity index (χ4v) is 2.39. The number of aromatic hydroxyl groups is 1. The van der Waals surface area contributed by atoms with E-state index in [1.165, 1.54) is 27.9 Å². The van der Waals surface area contributed by atoms with Crippen LogP contribution in [0.5, 0.6) is 5.75 Å². The Morgan fingerprint density at radius 3 is 1.73 bits per heavy atom. The number of H-pyrrole nitrogens is 1. The Morgan fingerprint density at radius 2 is 1.23 bits per heavy atom. The Labute approximate surface area is 127 Å². The van der Waals surface area contributed by atoms with Gasteiger partial charge in [-0.25, -0.2) is 0 Å². The summed E-state index contributed by atoms with van der Waals surface area (Å²) in [5.74, 6) is 0.0347. The molecule has 0 fully saturated rings. The van der Waals surface area contributed by atoms with E-state index in [0.29, 0.717) is 11.8 Å². The number of phenols is 1. The maximum absolute atomic E-state index is 10.1. The predicted octanol–water partition coefficient (Wildman–Crippen LogP) is 4.53. The molecular weight excluding hydrogens is 274 g/mol. The van der Waals surface area contributed by atoms with Crippen molar-refractivity contribution in [2.24, 2.45) is 0 Å². The lowest BCUT2D eigenvalue weighted by Crippen LogP contribution is -1.77. The summed E-state index contributed by atoms with van der Waals surface area (Å²) in [6, 6.07) is 23.2. The van der Waals surface area contributed by atoms with Crippen LogP contribution in [0.2, 0.25) is 0 Å². The molecule has 108 valence electrons. The van der Waals surface area contributed by atoms with Crippen molar-refractivity contribution in [3.05, 3.63) is 78.4 Å². The first-order chi connectivity index (χ1) is 10.8. The number of aromatic nitrogens is 1. The van der Waals surface area contributed by atoms with Crippen LogP contribution in [0.25, 0.3) is 21.8 Å². The second kappa shape index (κ2) is 6.14. The van der Waals surface area contributed by atoms with Crippen LogP contribution >= 0.6 is 0 Å². The normalized spacial score (nSPS) is 10.2. The number of aromatic amines is 1. The van der Waals surface area contributed by atoms with Crippen LogP contribution < -0.4 is 0 Å². The molecule has 0 aliphatic heterocycles. The number of nitrogens with one attached hydrogen (secondary N) is 1. The Kier molecular flexibility index (Phi) is 3.88. The van der Waals surface area contributed by atoms with Crippen molar-refractivity contribution in [3.63, 3.8) is 0 Å². The number of benzene rings is 3. The SMILES string of the molecule is O=Cc1ccccc1O.c1ccc2c(c1)[nH]c1ccccc12. The first kappa shape index (κ1) is 13.9. The van der Waals surface area contributed by atoms with Gasteiger partial charge in [-0.05, 0) is 24.3 Å². The van der Waals surface area contributed by atoms with Gasteiger partial charge in [-0.15, -0.1) is 0 Å². The lowest BCUT2D eigenvalue weighted by Gasteiger charge is -1.91. The van der Waals surface area contributed by atoms with Crippen LogP contribution in [-0.2, 0) is 0 Å². The fourth-order valence-electron chi connectivity index (χ4n) is 2.39. The average Bonchev–Trinajstić information content (AvgIpc) is 2.95. The van der Waals surface area contributed by atoms with E-state index in [2.05, 4.69) is 53.5 Å². The van der Waals surface area contributed by atoms with Crippen LogP contribution in [0, 0.1) is 0 Å². The third-order valence-corrected chi connectivity index (χ3v) is 3.48. The zero-order valence-electron chi connectivity index (χ0n) is 11.9. The predicted molar refractivity (Wildman–Crippen MR) is 89.3 cm³/mol.